The Kier molecular flexibility index (Phi) is 5.86. The second-order valence-corrected chi connectivity index (χ2v) is 8.57. The summed E-state index contributed by atoms with van der Waals surface area (Å²) in [6.45, 7) is 0. The van der Waals surface area contributed by atoms with Crippen LogP contribution in [-0.4, -0.2) is 45.3 Å². The number of carboxylic acids is 3. The minimum Gasteiger partial charge on any atom is -0.478 e. The van der Waals surface area contributed by atoms with E-state index in [4.69, 9.17) is 4.74 Å². The van der Waals surface area contributed by atoms with Crippen LogP contribution >= 0.6 is 0 Å². The van der Waals surface area contributed by atoms with Crippen LogP contribution in [0.4, 0.5) is 0 Å². The van der Waals surface area contributed by atoms with Gasteiger partial charge in [0.05, 0.1) is 22.3 Å². The summed E-state index contributed by atoms with van der Waals surface area (Å²) in [5.74, 6) is -4.22. The second-order valence-electron chi connectivity index (χ2n) is 8.57. The molecule has 8 heteroatoms. The molecule has 2 aliphatic rings. The van der Waals surface area contributed by atoms with Crippen LogP contribution in [0.5, 0.6) is 0 Å². The predicted octanol–water partition coefficient (Wildman–Crippen LogP) is 4.45. The zero-order chi connectivity index (χ0) is 23.0. The summed E-state index contributed by atoms with van der Waals surface area (Å²) in [6, 6.07) is 4.47. The lowest BCUT2D eigenvalue weighted by atomic mass is 9.69. The van der Waals surface area contributed by atoms with Crippen LogP contribution in [0.3, 0.4) is 0 Å². The summed E-state index contributed by atoms with van der Waals surface area (Å²) >= 11 is 0. The molecule has 32 heavy (non-hydrogen) atoms. The van der Waals surface area contributed by atoms with E-state index >= 15 is 0 Å². The van der Waals surface area contributed by atoms with Crippen molar-refractivity contribution < 1.29 is 39.2 Å². The fraction of sp³-hybridized carbons (Fsp3) is 0.417. The molecule has 0 saturated heterocycles. The zero-order valence-corrected chi connectivity index (χ0v) is 17.4. The van der Waals surface area contributed by atoms with Gasteiger partial charge in [-0.2, -0.15) is 0 Å². The SMILES string of the molecule is O=C(O)c1ccc(C(=O)O)c2c(C(=O)OC3CCCC4CCCCC43)ccc(C(=O)O)c12. The molecular weight excluding hydrogens is 416 g/mol. The Balaban J connectivity index is 1.83. The van der Waals surface area contributed by atoms with Crippen molar-refractivity contribution in [1.82, 2.24) is 0 Å². The first-order chi connectivity index (χ1) is 15.3. The van der Waals surface area contributed by atoms with Gasteiger partial charge in [0.1, 0.15) is 6.10 Å². The average molecular weight is 440 g/mol. The Morgan fingerprint density at radius 1 is 0.656 bits per heavy atom. The van der Waals surface area contributed by atoms with E-state index in [1.165, 1.54) is 12.5 Å². The lowest BCUT2D eigenvalue weighted by molar-refractivity contribution is -0.0247. The first-order valence-corrected chi connectivity index (χ1v) is 10.8. The van der Waals surface area contributed by atoms with E-state index in [-0.39, 0.29) is 45.0 Å². The van der Waals surface area contributed by atoms with Crippen molar-refractivity contribution in [2.45, 2.75) is 51.0 Å². The molecule has 2 saturated carbocycles. The molecule has 3 N–H and O–H groups in total. The maximum absolute atomic E-state index is 13.2. The highest BCUT2D eigenvalue weighted by Crippen LogP contribution is 2.42. The van der Waals surface area contributed by atoms with Gasteiger partial charge in [0, 0.05) is 10.8 Å². The summed E-state index contributed by atoms with van der Waals surface area (Å²) < 4.78 is 5.86. The molecule has 0 bridgehead atoms. The Morgan fingerprint density at radius 3 is 1.69 bits per heavy atom. The Bertz CT molecular complexity index is 1100. The van der Waals surface area contributed by atoms with Crippen LogP contribution in [0.2, 0.25) is 0 Å². The first-order valence-electron chi connectivity index (χ1n) is 10.8. The summed E-state index contributed by atoms with van der Waals surface area (Å²) in [7, 11) is 0. The molecule has 3 atom stereocenters. The Morgan fingerprint density at radius 2 is 1.12 bits per heavy atom. The number of aromatic carboxylic acids is 3. The lowest BCUT2D eigenvalue weighted by Gasteiger charge is -2.40. The van der Waals surface area contributed by atoms with Crippen molar-refractivity contribution in [2.24, 2.45) is 11.8 Å². The van der Waals surface area contributed by atoms with Crippen LogP contribution in [0.15, 0.2) is 24.3 Å². The third-order valence-corrected chi connectivity index (χ3v) is 6.84. The number of rotatable bonds is 5. The van der Waals surface area contributed by atoms with Gasteiger partial charge < -0.3 is 20.1 Å². The summed E-state index contributed by atoms with van der Waals surface area (Å²) in [5, 5.41) is 28.3. The van der Waals surface area contributed by atoms with E-state index in [1.807, 2.05) is 0 Å². The van der Waals surface area contributed by atoms with Crippen LogP contribution in [0.1, 0.15) is 86.4 Å². The number of carboxylic acid groups (broad SMARTS) is 3. The summed E-state index contributed by atoms with van der Waals surface area (Å²) in [6.07, 6.45) is 6.84. The van der Waals surface area contributed by atoms with Crippen LogP contribution in [0, 0.1) is 11.8 Å². The van der Waals surface area contributed by atoms with Gasteiger partial charge in [-0.05, 0) is 61.8 Å². The minimum atomic E-state index is -1.42. The van der Waals surface area contributed by atoms with Crippen molar-refractivity contribution in [3.8, 4) is 0 Å². The molecule has 0 aliphatic heterocycles. The molecule has 8 nitrogen and oxygen atoms in total. The number of ether oxygens (including phenoxy) is 1. The van der Waals surface area contributed by atoms with Crippen molar-refractivity contribution in [2.75, 3.05) is 0 Å². The van der Waals surface area contributed by atoms with Gasteiger partial charge in [0.2, 0.25) is 0 Å². The van der Waals surface area contributed by atoms with Crippen LogP contribution in [0.25, 0.3) is 10.8 Å². The number of benzene rings is 2. The highest BCUT2D eigenvalue weighted by atomic mass is 16.5. The highest BCUT2D eigenvalue weighted by Gasteiger charge is 2.37. The number of esters is 1. The molecule has 0 heterocycles. The monoisotopic (exact) mass is 440 g/mol. The third kappa shape index (κ3) is 3.81. The third-order valence-electron chi connectivity index (χ3n) is 6.84. The number of carbonyl (C=O) groups is 4. The van der Waals surface area contributed by atoms with Gasteiger partial charge in [-0.25, -0.2) is 19.2 Å². The van der Waals surface area contributed by atoms with Gasteiger partial charge in [-0.1, -0.05) is 19.3 Å². The Hall–Kier alpha value is -3.42. The second kappa shape index (κ2) is 8.61. The smallest absolute Gasteiger partial charge is 0.339 e. The predicted molar refractivity (Wildman–Crippen MR) is 113 cm³/mol. The molecule has 0 radical (unpaired) electrons. The van der Waals surface area contributed by atoms with Crippen molar-refractivity contribution in [3.63, 3.8) is 0 Å². The molecule has 4 rings (SSSR count). The molecule has 2 fully saturated rings. The van der Waals surface area contributed by atoms with Crippen molar-refractivity contribution in [1.29, 1.82) is 0 Å². The number of fused-ring (bicyclic) bond motifs is 2. The molecule has 0 spiro atoms. The van der Waals surface area contributed by atoms with Crippen molar-refractivity contribution >= 4 is 34.6 Å². The van der Waals surface area contributed by atoms with Gasteiger partial charge in [-0.3, -0.25) is 0 Å². The van der Waals surface area contributed by atoms with Crippen LogP contribution in [-0.2, 0) is 4.74 Å². The van der Waals surface area contributed by atoms with E-state index < -0.39 is 23.9 Å². The molecule has 3 unspecified atom stereocenters. The lowest BCUT2D eigenvalue weighted by Crippen LogP contribution is -2.37. The molecular formula is C24H24O8. The number of carbonyl (C=O) groups excluding carboxylic acids is 1. The number of hydrogen-bond acceptors (Lipinski definition) is 5. The number of hydrogen-bond donors (Lipinski definition) is 3. The molecule has 0 amide bonds. The minimum absolute atomic E-state index is 0.136. The maximum atomic E-state index is 13.2. The summed E-state index contributed by atoms with van der Waals surface area (Å²) in [4.78, 5) is 48.7. The highest BCUT2D eigenvalue weighted by molar-refractivity contribution is 6.21. The first kappa shape index (κ1) is 21.8. The van der Waals surface area contributed by atoms with Gasteiger partial charge in [0.25, 0.3) is 0 Å². The largest absolute Gasteiger partial charge is 0.478 e. The van der Waals surface area contributed by atoms with Crippen LogP contribution < -0.4 is 0 Å². The normalized spacial score (nSPS) is 22.7. The van der Waals surface area contributed by atoms with E-state index in [9.17, 15) is 34.5 Å². The molecule has 0 aromatic heterocycles. The fourth-order valence-corrected chi connectivity index (χ4v) is 5.43. The standard InChI is InChI=1S/C24H24O8/c25-21(26)14-8-9-16(23(29)30)20-17(11-10-15(19(14)20)22(27)28)24(31)32-18-7-3-5-12-4-1-2-6-13(12)18/h8-13,18H,1-7H2,(H,25,26)(H,27,28)(H,29,30). The average Bonchev–Trinajstić information content (AvgIpc) is 2.77. The topological polar surface area (TPSA) is 138 Å². The fourth-order valence-electron chi connectivity index (χ4n) is 5.43. The Labute approximate surface area is 183 Å². The maximum Gasteiger partial charge on any atom is 0.339 e. The van der Waals surface area contributed by atoms with E-state index in [1.54, 1.807) is 0 Å². The summed E-state index contributed by atoms with van der Waals surface area (Å²) in [5.41, 5.74) is -1.26. The van der Waals surface area contributed by atoms with Gasteiger partial charge >= 0.3 is 23.9 Å². The quantitative estimate of drug-likeness (QED) is 0.580. The van der Waals surface area contributed by atoms with Gasteiger partial charge in [0.15, 0.2) is 0 Å². The van der Waals surface area contributed by atoms with E-state index in [2.05, 4.69) is 0 Å². The van der Waals surface area contributed by atoms with Gasteiger partial charge in [-0.15, -0.1) is 0 Å². The molecule has 2 aromatic carbocycles. The molecule has 2 aromatic rings. The van der Waals surface area contributed by atoms with Crippen molar-refractivity contribution in [3.05, 3.63) is 46.5 Å². The van der Waals surface area contributed by atoms with E-state index in [0.29, 0.717) is 5.92 Å². The molecule has 168 valence electrons. The zero-order valence-electron chi connectivity index (χ0n) is 17.4. The molecule has 2 aliphatic carbocycles. The van der Waals surface area contributed by atoms with E-state index in [0.717, 1.165) is 56.7 Å².